The van der Waals surface area contributed by atoms with Crippen LogP contribution in [-0.2, 0) is 13.7 Å². The van der Waals surface area contributed by atoms with Gasteiger partial charge in [0.1, 0.15) is 24.3 Å². The van der Waals surface area contributed by atoms with Crippen LogP contribution in [0.2, 0.25) is 0 Å². The molecule has 0 fully saturated rings. The molecule has 0 saturated heterocycles. The summed E-state index contributed by atoms with van der Waals surface area (Å²) in [5.74, 6) is 1.04. The minimum Gasteiger partial charge on any atom is -0.468 e. The molecule has 0 unspecified atom stereocenters. The molecule has 154 valence electrons. The summed E-state index contributed by atoms with van der Waals surface area (Å²) < 4.78 is 24.1. The van der Waals surface area contributed by atoms with E-state index in [4.69, 9.17) is 4.74 Å². The number of halogens is 1. The molecule has 0 radical (unpaired) electrons. The highest BCUT2D eigenvalue weighted by Crippen LogP contribution is 2.38. The van der Waals surface area contributed by atoms with Gasteiger partial charge in [0.05, 0.1) is 11.3 Å². The second kappa shape index (κ2) is 7.60. The van der Waals surface area contributed by atoms with Crippen molar-refractivity contribution in [1.82, 2.24) is 34.6 Å². The highest BCUT2D eigenvalue weighted by molar-refractivity contribution is 5.87. The van der Waals surface area contributed by atoms with Crippen molar-refractivity contribution in [3.05, 3.63) is 78.3 Å². The van der Waals surface area contributed by atoms with Gasteiger partial charge in [-0.2, -0.15) is 10.2 Å². The normalized spacial score (nSPS) is 11.2. The Labute approximate surface area is 177 Å². The summed E-state index contributed by atoms with van der Waals surface area (Å²) in [6.45, 7) is 1.94. The Balaban J connectivity index is 1.74. The van der Waals surface area contributed by atoms with Gasteiger partial charge in [-0.1, -0.05) is 48.5 Å². The van der Waals surface area contributed by atoms with Gasteiger partial charge in [0, 0.05) is 18.2 Å². The van der Waals surface area contributed by atoms with E-state index in [9.17, 15) is 4.39 Å². The highest BCUT2D eigenvalue weighted by Gasteiger charge is 2.24. The van der Waals surface area contributed by atoms with E-state index in [2.05, 4.69) is 25.4 Å². The van der Waals surface area contributed by atoms with E-state index < -0.39 is 0 Å². The third kappa shape index (κ3) is 3.29. The molecule has 0 N–H and O–H groups in total. The van der Waals surface area contributed by atoms with E-state index in [1.807, 2.05) is 37.3 Å². The van der Waals surface area contributed by atoms with Crippen LogP contribution in [0.3, 0.4) is 0 Å². The molecule has 3 aromatic heterocycles. The molecule has 0 aliphatic heterocycles. The Kier molecular flexibility index (Phi) is 4.62. The lowest BCUT2D eigenvalue weighted by molar-refractivity contribution is 0.278. The predicted octanol–water partition coefficient (Wildman–Crippen LogP) is 3.61. The van der Waals surface area contributed by atoms with E-state index in [0.717, 1.165) is 5.56 Å². The highest BCUT2D eigenvalue weighted by atomic mass is 19.1. The molecule has 5 rings (SSSR count). The average Bonchev–Trinajstić information content (AvgIpc) is 3.37. The molecule has 31 heavy (non-hydrogen) atoms. The number of nitrogens with zero attached hydrogens (tertiary/aromatic N) is 7. The minimum absolute atomic E-state index is 0.127. The number of hydrogen-bond acceptors (Lipinski definition) is 6. The van der Waals surface area contributed by atoms with E-state index in [1.165, 1.54) is 12.4 Å². The molecule has 5 aromatic rings. The van der Waals surface area contributed by atoms with Crippen molar-refractivity contribution in [3.63, 3.8) is 0 Å². The van der Waals surface area contributed by atoms with Gasteiger partial charge >= 0.3 is 0 Å². The third-order valence-electron chi connectivity index (χ3n) is 5.01. The third-order valence-corrected chi connectivity index (χ3v) is 5.01. The SMILES string of the molecule is Cc1nnc(-c2ccccc2)n2nc(OCc3ncnn3C)c(-c3ccccc3F)c12. The topological polar surface area (TPSA) is 83.0 Å². The molecule has 0 spiro atoms. The summed E-state index contributed by atoms with van der Waals surface area (Å²) in [5.41, 5.74) is 2.97. The second-order valence-electron chi connectivity index (χ2n) is 6.98. The van der Waals surface area contributed by atoms with Crippen molar-refractivity contribution in [2.75, 3.05) is 0 Å². The Hall–Kier alpha value is -4.14. The molecule has 0 atom stereocenters. The predicted molar refractivity (Wildman–Crippen MR) is 112 cm³/mol. The van der Waals surface area contributed by atoms with Crippen LogP contribution in [0.25, 0.3) is 28.0 Å². The Morgan fingerprint density at radius 1 is 1.00 bits per heavy atom. The molecule has 0 saturated carbocycles. The summed E-state index contributed by atoms with van der Waals surface area (Å²) >= 11 is 0. The number of ether oxygens (including phenoxy) is 1. The lowest BCUT2D eigenvalue weighted by Gasteiger charge is -2.08. The molecular weight excluding hydrogens is 397 g/mol. The van der Waals surface area contributed by atoms with Crippen LogP contribution < -0.4 is 4.74 Å². The van der Waals surface area contributed by atoms with Crippen molar-refractivity contribution in [2.45, 2.75) is 13.5 Å². The van der Waals surface area contributed by atoms with Gasteiger partial charge in [-0.15, -0.1) is 10.2 Å². The molecule has 0 aliphatic carbocycles. The van der Waals surface area contributed by atoms with Crippen molar-refractivity contribution >= 4 is 5.52 Å². The van der Waals surface area contributed by atoms with Crippen LogP contribution in [0.5, 0.6) is 5.88 Å². The smallest absolute Gasteiger partial charge is 0.242 e. The number of hydrogen-bond donors (Lipinski definition) is 0. The minimum atomic E-state index is -0.376. The van der Waals surface area contributed by atoms with Crippen molar-refractivity contribution in [3.8, 4) is 28.4 Å². The first-order chi connectivity index (χ1) is 15.1. The van der Waals surface area contributed by atoms with Gasteiger partial charge < -0.3 is 4.74 Å². The van der Waals surface area contributed by atoms with Gasteiger partial charge in [0.2, 0.25) is 5.88 Å². The van der Waals surface area contributed by atoms with Crippen LogP contribution in [0.1, 0.15) is 11.5 Å². The molecular formula is C22H18FN7O. The maximum Gasteiger partial charge on any atom is 0.242 e. The van der Waals surface area contributed by atoms with Gasteiger partial charge in [0.25, 0.3) is 0 Å². The second-order valence-corrected chi connectivity index (χ2v) is 6.98. The first-order valence-electron chi connectivity index (χ1n) is 9.65. The lowest BCUT2D eigenvalue weighted by atomic mass is 10.1. The Bertz CT molecular complexity index is 1380. The van der Waals surface area contributed by atoms with Crippen molar-refractivity contribution in [1.29, 1.82) is 0 Å². The fourth-order valence-corrected chi connectivity index (χ4v) is 3.46. The summed E-state index contributed by atoms with van der Waals surface area (Å²) in [6.07, 6.45) is 1.45. The first kappa shape index (κ1) is 18.9. The van der Waals surface area contributed by atoms with E-state index >= 15 is 0 Å². The van der Waals surface area contributed by atoms with Gasteiger partial charge in [0.15, 0.2) is 11.6 Å². The molecule has 2 aromatic carbocycles. The molecule has 0 aliphatic rings. The zero-order chi connectivity index (χ0) is 21.4. The van der Waals surface area contributed by atoms with E-state index in [0.29, 0.717) is 34.0 Å². The summed E-state index contributed by atoms with van der Waals surface area (Å²) in [6, 6.07) is 16.1. The summed E-state index contributed by atoms with van der Waals surface area (Å²) in [7, 11) is 1.78. The first-order valence-corrected chi connectivity index (χ1v) is 9.65. The molecule has 8 nitrogen and oxygen atoms in total. The number of aryl methyl sites for hydroxylation is 2. The average molecular weight is 415 g/mol. The van der Waals surface area contributed by atoms with E-state index in [-0.39, 0.29) is 18.3 Å². The maximum atomic E-state index is 14.8. The van der Waals surface area contributed by atoms with Gasteiger partial charge in [-0.05, 0) is 13.0 Å². The summed E-state index contributed by atoms with van der Waals surface area (Å²) in [4.78, 5) is 4.18. The van der Waals surface area contributed by atoms with Gasteiger partial charge in [-0.25, -0.2) is 13.9 Å². The van der Waals surface area contributed by atoms with Crippen LogP contribution in [0, 0.1) is 12.7 Å². The van der Waals surface area contributed by atoms with Crippen LogP contribution in [0.4, 0.5) is 4.39 Å². The van der Waals surface area contributed by atoms with Crippen LogP contribution >= 0.6 is 0 Å². The fourth-order valence-electron chi connectivity index (χ4n) is 3.46. The largest absolute Gasteiger partial charge is 0.468 e. The van der Waals surface area contributed by atoms with Gasteiger partial charge in [-0.3, -0.25) is 4.68 Å². The summed E-state index contributed by atoms with van der Waals surface area (Å²) in [5, 5.41) is 17.4. The van der Waals surface area contributed by atoms with Crippen molar-refractivity contribution < 1.29 is 9.13 Å². The Morgan fingerprint density at radius 3 is 2.52 bits per heavy atom. The van der Waals surface area contributed by atoms with Crippen LogP contribution in [-0.4, -0.2) is 34.6 Å². The van der Waals surface area contributed by atoms with Crippen molar-refractivity contribution in [2.24, 2.45) is 7.05 Å². The maximum absolute atomic E-state index is 14.8. The standard InChI is InChI=1S/C22H18FN7O/c1-14-20-19(16-10-6-7-11-17(16)23)22(31-12-18-24-13-25-29(18)2)28-30(20)21(27-26-14)15-8-4-3-5-9-15/h3-11,13H,12H2,1-2H3. The molecule has 3 heterocycles. The fraction of sp³-hybridized carbons (Fsp3) is 0.136. The number of aromatic nitrogens is 7. The molecule has 0 bridgehead atoms. The zero-order valence-corrected chi connectivity index (χ0v) is 16.9. The Morgan fingerprint density at radius 2 is 1.77 bits per heavy atom. The van der Waals surface area contributed by atoms with Crippen LogP contribution in [0.15, 0.2) is 60.9 Å². The molecule has 9 heteroatoms. The quantitative estimate of drug-likeness (QED) is 0.436. The number of fused-ring (bicyclic) bond motifs is 1. The number of benzene rings is 2. The molecule has 0 amide bonds. The van der Waals surface area contributed by atoms with E-state index in [1.54, 1.807) is 34.4 Å². The monoisotopic (exact) mass is 415 g/mol. The number of rotatable bonds is 5. The zero-order valence-electron chi connectivity index (χ0n) is 16.9. The lowest BCUT2D eigenvalue weighted by Crippen LogP contribution is -2.05.